The first-order chi connectivity index (χ1) is 4.83. The molecule has 0 saturated carbocycles. The molecule has 0 aromatic rings. The molecule has 1 aliphatic heterocycles. The molecule has 1 N–H and O–H groups in total. The van der Waals surface area contributed by atoms with Crippen LogP contribution in [-0.4, -0.2) is 17.6 Å². The highest BCUT2D eigenvalue weighted by Gasteiger charge is 2.04. The normalized spacial score (nSPS) is 14.6. The molecular formula is C6H8N2O2. The molecule has 1 heterocycles. The largest absolute Gasteiger partial charge is 0.477 e. The van der Waals surface area contributed by atoms with Crippen LogP contribution in [0.3, 0.4) is 0 Å². The summed E-state index contributed by atoms with van der Waals surface area (Å²) in [6.45, 7) is 3.66. The van der Waals surface area contributed by atoms with Gasteiger partial charge in [0, 0.05) is 0 Å². The fourth-order valence-electron chi connectivity index (χ4n) is 0.540. The van der Waals surface area contributed by atoms with Crippen LogP contribution < -0.4 is 5.43 Å². The van der Waals surface area contributed by atoms with E-state index < -0.39 is 0 Å². The molecule has 1 aliphatic rings. The zero-order valence-electron chi connectivity index (χ0n) is 5.41. The second-order valence-electron chi connectivity index (χ2n) is 1.73. The van der Waals surface area contributed by atoms with E-state index in [-0.39, 0.29) is 5.91 Å². The molecule has 0 fully saturated rings. The van der Waals surface area contributed by atoms with E-state index in [4.69, 9.17) is 4.74 Å². The molecule has 0 saturated heterocycles. The highest BCUT2D eigenvalue weighted by Crippen LogP contribution is 1.95. The molecule has 0 radical (unpaired) electrons. The van der Waals surface area contributed by atoms with Crippen LogP contribution in [-0.2, 0) is 9.53 Å². The minimum Gasteiger partial charge on any atom is -0.477 e. The van der Waals surface area contributed by atoms with Crippen LogP contribution in [0, 0.1) is 0 Å². The van der Waals surface area contributed by atoms with Gasteiger partial charge in [0.25, 0.3) is 5.91 Å². The topological polar surface area (TPSA) is 41.6 Å². The quantitative estimate of drug-likeness (QED) is 0.547. The number of carbonyl (C=O) groups excluding carboxylic acids is 1. The number of rotatable bonds is 2. The Kier molecular flexibility index (Phi) is 1.94. The Balaban J connectivity index is 2.31. The number of hydrazine groups is 1. The Bertz CT molecular complexity index is 177. The van der Waals surface area contributed by atoms with Gasteiger partial charge < -0.3 is 4.74 Å². The van der Waals surface area contributed by atoms with Gasteiger partial charge in [-0.05, 0) is 6.08 Å². The van der Waals surface area contributed by atoms with Crippen molar-refractivity contribution in [3.05, 3.63) is 25.1 Å². The molecule has 1 amide bonds. The molecule has 4 heteroatoms. The van der Waals surface area contributed by atoms with Crippen LogP contribution in [0.15, 0.2) is 25.1 Å². The fourth-order valence-corrected chi connectivity index (χ4v) is 0.540. The summed E-state index contributed by atoms with van der Waals surface area (Å²) in [5, 5.41) is 1.52. The predicted molar refractivity (Wildman–Crippen MR) is 35.3 cm³/mol. The molecule has 0 atom stereocenters. The van der Waals surface area contributed by atoms with Gasteiger partial charge in [0.2, 0.25) is 0 Å². The summed E-state index contributed by atoms with van der Waals surface area (Å²) < 4.78 is 4.80. The summed E-state index contributed by atoms with van der Waals surface area (Å²) in [4.78, 5) is 10.6. The van der Waals surface area contributed by atoms with Crippen LogP contribution in [0.1, 0.15) is 0 Å². The third-order valence-electron chi connectivity index (χ3n) is 0.990. The lowest BCUT2D eigenvalue weighted by molar-refractivity contribution is -0.120. The highest BCUT2D eigenvalue weighted by molar-refractivity contribution is 5.86. The number of amides is 1. The van der Waals surface area contributed by atoms with Gasteiger partial charge in [0.1, 0.15) is 6.26 Å². The Morgan fingerprint density at radius 3 is 3.20 bits per heavy atom. The number of nitrogens with one attached hydrogen (secondary N) is 1. The van der Waals surface area contributed by atoms with E-state index in [1.165, 1.54) is 17.3 Å². The SMILES string of the molecule is C=CC(=O)NN1C=COC1. The van der Waals surface area contributed by atoms with Crippen molar-refractivity contribution >= 4 is 5.91 Å². The van der Waals surface area contributed by atoms with Crippen molar-refractivity contribution in [3.63, 3.8) is 0 Å². The summed E-state index contributed by atoms with van der Waals surface area (Å²) in [6, 6.07) is 0. The summed E-state index contributed by atoms with van der Waals surface area (Å²) in [7, 11) is 0. The standard InChI is InChI=1S/C6H8N2O2/c1-2-6(9)7-8-3-4-10-5-8/h2-4H,1,5H2,(H,7,9). The summed E-state index contributed by atoms with van der Waals surface area (Å²) in [5.74, 6) is -0.241. The van der Waals surface area contributed by atoms with Crippen molar-refractivity contribution < 1.29 is 9.53 Å². The van der Waals surface area contributed by atoms with Gasteiger partial charge in [-0.25, -0.2) is 0 Å². The van der Waals surface area contributed by atoms with Gasteiger partial charge in [0.05, 0.1) is 6.20 Å². The van der Waals surface area contributed by atoms with Gasteiger partial charge >= 0.3 is 0 Å². The van der Waals surface area contributed by atoms with Crippen molar-refractivity contribution in [2.45, 2.75) is 0 Å². The highest BCUT2D eigenvalue weighted by atomic mass is 16.5. The number of carbonyl (C=O) groups is 1. The fraction of sp³-hybridized carbons (Fsp3) is 0.167. The summed E-state index contributed by atoms with van der Waals surface area (Å²) in [6.07, 6.45) is 4.33. The first-order valence-electron chi connectivity index (χ1n) is 2.81. The Morgan fingerprint density at radius 2 is 2.70 bits per heavy atom. The smallest absolute Gasteiger partial charge is 0.261 e. The maximum absolute atomic E-state index is 10.6. The van der Waals surface area contributed by atoms with Gasteiger partial charge in [0.15, 0.2) is 6.73 Å². The second-order valence-corrected chi connectivity index (χ2v) is 1.73. The van der Waals surface area contributed by atoms with Crippen molar-refractivity contribution in [1.29, 1.82) is 0 Å². The molecule has 0 aromatic heterocycles. The first kappa shape index (κ1) is 6.67. The van der Waals surface area contributed by atoms with E-state index >= 15 is 0 Å². The van der Waals surface area contributed by atoms with E-state index in [0.29, 0.717) is 6.73 Å². The Hall–Kier alpha value is -1.45. The van der Waals surface area contributed by atoms with Gasteiger partial charge in [-0.1, -0.05) is 6.58 Å². The van der Waals surface area contributed by atoms with E-state index in [2.05, 4.69) is 12.0 Å². The molecule has 0 aliphatic carbocycles. The van der Waals surface area contributed by atoms with Crippen molar-refractivity contribution in [3.8, 4) is 0 Å². The number of hydrogen-bond donors (Lipinski definition) is 1. The third-order valence-corrected chi connectivity index (χ3v) is 0.990. The number of nitrogens with zero attached hydrogens (tertiary/aromatic N) is 1. The monoisotopic (exact) mass is 140 g/mol. The summed E-state index contributed by atoms with van der Waals surface area (Å²) >= 11 is 0. The predicted octanol–water partition coefficient (Wildman–Crippen LogP) is -0.0355. The lowest BCUT2D eigenvalue weighted by Gasteiger charge is -2.12. The average molecular weight is 140 g/mol. The minimum atomic E-state index is -0.241. The van der Waals surface area contributed by atoms with Gasteiger partial charge in [-0.15, -0.1) is 0 Å². The third kappa shape index (κ3) is 1.51. The van der Waals surface area contributed by atoms with Crippen LogP contribution >= 0.6 is 0 Å². The summed E-state index contributed by atoms with van der Waals surface area (Å²) in [5.41, 5.74) is 2.49. The Morgan fingerprint density at radius 1 is 1.90 bits per heavy atom. The molecule has 0 aromatic carbocycles. The van der Waals surface area contributed by atoms with Crippen LogP contribution in [0.25, 0.3) is 0 Å². The maximum atomic E-state index is 10.6. The van der Waals surface area contributed by atoms with E-state index in [9.17, 15) is 4.79 Å². The first-order valence-corrected chi connectivity index (χ1v) is 2.81. The minimum absolute atomic E-state index is 0.241. The second kappa shape index (κ2) is 2.91. The molecule has 1 rings (SSSR count). The van der Waals surface area contributed by atoms with E-state index in [0.717, 1.165) is 0 Å². The molecule has 0 bridgehead atoms. The lowest BCUT2D eigenvalue weighted by atomic mass is 10.6. The molecule has 10 heavy (non-hydrogen) atoms. The van der Waals surface area contributed by atoms with E-state index in [1.807, 2.05) is 0 Å². The zero-order valence-corrected chi connectivity index (χ0v) is 5.41. The van der Waals surface area contributed by atoms with Crippen LogP contribution in [0.4, 0.5) is 0 Å². The van der Waals surface area contributed by atoms with E-state index in [1.54, 1.807) is 6.20 Å². The van der Waals surface area contributed by atoms with Crippen LogP contribution in [0.5, 0.6) is 0 Å². The van der Waals surface area contributed by atoms with Crippen LogP contribution in [0.2, 0.25) is 0 Å². The average Bonchev–Trinajstić information content (AvgIpc) is 2.40. The molecule has 0 unspecified atom stereocenters. The molecule has 54 valence electrons. The zero-order chi connectivity index (χ0) is 7.40. The molecular weight excluding hydrogens is 132 g/mol. The molecule has 4 nitrogen and oxygen atoms in total. The number of ether oxygens (including phenoxy) is 1. The lowest BCUT2D eigenvalue weighted by Crippen LogP contribution is -2.36. The van der Waals surface area contributed by atoms with Crippen molar-refractivity contribution in [2.75, 3.05) is 6.73 Å². The number of hydrogen-bond acceptors (Lipinski definition) is 3. The van der Waals surface area contributed by atoms with Crippen molar-refractivity contribution in [2.24, 2.45) is 0 Å². The molecule has 0 spiro atoms. The van der Waals surface area contributed by atoms with Gasteiger partial charge in [-0.2, -0.15) is 0 Å². The van der Waals surface area contributed by atoms with Gasteiger partial charge in [-0.3, -0.25) is 15.2 Å². The Labute approximate surface area is 58.7 Å². The van der Waals surface area contributed by atoms with Crippen molar-refractivity contribution in [1.82, 2.24) is 10.4 Å². The maximum Gasteiger partial charge on any atom is 0.261 e.